The highest BCUT2D eigenvalue weighted by atomic mass is 32.1. The molecule has 2 heterocycles. The maximum Gasteiger partial charge on any atom is 0.252 e. The Bertz CT molecular complexity index is 649. The average molecular weight is 290 g/mol. The molecule has 0 atom stereocenters. The van der Waals surface area contributed by atoms with Crippen molar-refractivity contribution in [1.82, 2.24) is 10.5 Å². The number of aliphatic hydroxyl groups is 1. The largest absolute Gasteiger partial charge is 0.395 e. The van der Waals surface area contributed by atoms with Gasteiger partial charge in [-0.25, -0.2) is 0 Å². The van der Waals surface area contributed by atoms with E-state index >= 15 is 0 Å². The number of hydrogen-bond donors (Lipinski definition) is 2. The lowest BCUT2D eigenvalue weighted by atomic mass is 10.3. The number of nitrogens with zero attached hydrogens (tertiary/aromatic N) is 1. The molecule has 0 aliphatic rings. The third-order valence-electron chi connectivity index (χ3n) is 2.41. The van der Waals surface area contributed by atoms with Gasteiger partial charge in [0.15, 0.2) is 5.76 Å². The smallest absolute Gasteiger partial charge is 0.252 e. The summed E-state index contributed by atoms with van der Waals surface area (Å²) in [5, 5.41) is 16.9. The molecule has 0 aliphatic carbocycles. The van der Waals surface area contributed by atoms with E-state index in [-0.39, 0.29) is 12.5 Å². The first-order chi connectivity index (χ1) is 9.69. The lowest BCUT2D eigenvalue weighted by Gasteiger charge is -1.99. The van der Waals surface area contributed by atoms with Crippen molar-refractivity contribution in [2.75, 3.05) is 6.61 Å². The van der Waals surface area contributed by atoms with Crippen LogP contribution in [-0.2, 0) is 6.54 Å². The van der Waals surface area contributed by atoms with Crippen molar-refractivity contribution >= 4 is 17.2 Å². The predicted molar refractivity (Wildman–Crippen MR) is 75.3 cm³/mol. The van der Waals surface area contributed by atoms with Crippen LogP contribution in [-0.4, -0.2) is 22.8 Å². The Morgan fingerprint density at radius 1 is 1.55 bits per heavy atom. The Kier molecular flexibility index (Phi) is 4.93. The first-order valence-corrected chi connectivity index (χ1v) is 6.95. The topological polar surface area (TPSA) is 75.4 Å². The minimum absolute atomic E-state index is 0.0440. The van der Waals surface area contributed by atoms with Crippen LogP contribution in [0.5, 0.6) is 0 Å². The van der Waals surface area contributed by atoms with E-state index in [1.165, 1.54) is 11.3 Å². The Hall–Kier alpha value is -2.10. The zero-order valence-electron chi connectivity index (χ0n) is 11.0. The summed E-state index contributed by atoms with van der Waals surface area (Å²) < 4.78 is 5.01. The zero-order valence-corrected chi connectivity index (χ0v) is 11.8. The number of rotatable bonds is 4. The van der Waals surface area contributed by atoms with E-state index in [9.17, 15) is 4.79 Å². The SMILES string of the molecule is Cc1cc(CNC(=O)c2csc(C#CCCO)c2)on1. The molecule has 1 amide bonds. The molecule has 0 spiro atoms. The molecule has 5 nitrogen and oxygen atoms in total. The highest BCUT2D eigenvalue weighted by molar-refractivity contribution is 7.10. The average Bonchev–Trinajstić information content (AvgIpc) is 3.06. The van der Waals surface area contributed by atoms with Gasteiger partial charge >= 0.3 is 0 Å². The van der Waals surface area contributed by atoms with Crippen LogP contribution in [0.4, 0.5) is 0 Å². The van der Waals surface area contributed by atoms with Crippen LogP contribution in [0.15, 0.2) is 22.0 Å². The van der Waals surface area contributed by atoms with Crippen LogP contribution < -0.4 is 5.32 Å². The van der Waals surface area contributed by atoms with Crippen molar-refractivity contribution in [3.05, 3.63) is 39.4 Å². The predicted octanol–water partition coefficient (Wildman–Crippen LogP) is 1.71. The monoisotopic (exact) mass is 290 g/mol. The summed E-state index contributed by atoms with van der Waals surface area (Å²) in [5.41, 5.74) is 1.35. The number of hydrogen-bond acceptors (Lipinski definition) is 5. The van der Waals surface area contributed by atoms with Gasteiger partial charge in [-0.1, -0.05) is 17.0 Å². The second-order valence-corrected chi connectivity index (χ2v) is 5.00. The third kappa shape index (κ3) is 3.95. The maximum absolute atomic E-state index is 11.9. The molecule has 0 bridgehead atoms. The molecule has 2 aromatic rings. The van der Waals surface area contributed by atoms with Gasteiger partial charge in [0.1, 0.15) is 0 Å². The Morgan fingerprint density at radius 3 is 3.10 bits per heavy atom. The van der Waals surface area contributed by atoms with E-state index in [1.807, 2.05) is 6.92 Å². The summed E-state index contributed by atoms with van der Waals surface area (Å²) in [7, 11) is 0. The van der Waals surface area contributed by atoms with Gasteiger partial charge in [0, 0.05) is 17.9 Å². The Balaban J connectivity index is 1.91. The molecule has 0 aromatic carbocycles. The number of thiophene rings is 1. The van der Waals surface area contributed by atoms with Crippen LogP contribution >= 0.6 is 11.3 Å². The number of nitrogens with one attached hydrogen (secondary N) is 1. The van der Waals surface area contributed by atoms with Crippen molar-refractivity contribution in [2.45, 2.75) is 19.9 Å². The second kappa shape index (κ2) is 6.89. The van der Waals surface area contributed by atoms with E-state index in [0.29, 0.717) is 24.3 Å². The van der Waals surface area contributed by atoms with Gasteiger partial charge in [-0.15, -0.1) is 11.3 Å². The molecule has 0 radical (unpaired) electrons. The summed E-state index contributed by atoms with van der Waals surface area (Å²) in [6.45, 7) is 2.17. The third-order valence-corrected chi connectivity index (χ3v) is 3.26. The fourth-order valence-corrected chi connectivity index (χ4v) is 2.25. The summed E-state index contributed by atoms with van der Waals surface area (Å²) in [6.07, 6.45) is 0.435. The number of carbonyl (C=O) groups is 1. The van der Waals surface area contributed by atoms with Crippen LogP contribution in [0.25, 0.3) is 0 Å². The van der Waals surface area contributed by atoms with Crippen LogP contribution in [0.3, 0.4) is 0 Å². The van der Waals surface area contributed by atoms with Crippen molar-refractivity contribution in [3.8, 4) is 11.8 Å². The fourth-order valence-electron chi connectivity index (χ4n) is 1.50. The summed E-state index contributed by atoms with van der Waals surface area (Å²) >= 11 is 1.40. The highest BCUT2D eigenvalue weighted by Crippen LogP contribution is 2.13. The molecule has 0 saturated heterocycles. The van der Waals surface area contributed by atoms with Gasteiger partial charge in [-0.3, -0.25) is 4.79 Å². The van der Waals surface area contributed by atoms with Crippen molar-refractivity contribution < 1.29 is 14.4 Å². The van der Waals surface area contributed by atoms with Gasteiger partial charge in [0.25, 0.3) is 5.91 Å². The molecule has 2 rings (SSSR count). The molecule has 0 saturated carbocycles. The van der Waals surface area contributed by atoms with E-state index in [4.69, 9.17) is 9.63 Å². The first kappa shape index (κ1) is 14.3. The van der Waals surface area contributed by atoms with E-state index in [1.54, 1.807) is 17.5 Å². The molecule has 0 aliphatic heterocycles. The molecule has 2 N–H and O–H groups in total. The van der Waals surface area contributed by atoms with Gasteiger partial charge < -0.3 is 14.9 Å². The molecule has 0 fully saturated rings. The minimum atomic E-state index is -0.175. The van der Waals surface area contributed by atoms with E-state index in [2.05, 4.69) is 22.3 Å². The molecule has 2 aromatic heterocycles. The van der Waals surface area contributed by atoms with Crippen molar-refractivity contribution in [1.29, 1.82) is 0 Å². The molecule has 6 heteroatoms. The number of amides is 1. The van der Waals surface area contributed by atoms with Gasteiger partial charge in [-0.2, -0.15) is 0 Å². The summed E-state index contributed by atoms with van der Waals surface area (Å²) in [5.74, 6) is 6.16. The quantitative estimate of drug-likeness (QED) is 0.841. The molecule has 20 heavy (non-hydrogen) atoms. The minimum Gasteiger partial charge on any atom is -0.395 e. The number of aliphatic hydroxyl groups excluding tert-OH is 1. The Labute approximate surface area is 120 Å². The van der Waals surface area contributed by atoms with Crippen LogP contribution in [0.1, 0.15) is 33.1 Å². The first-order valence-electron chi connectivity index (χ1n) is 6.07. The standard InChI is InChI=1S/C14H14N2O3S/c1-10-6-12(19-16-10)8-15-14(18)11-7-13(20-9-11)4-2-3-5-17/h6-7,9,17H,3,5,8H2,1H3,(H,15,18). The lowest BCUT2D eigenvalue weighted by Crippen LogP contribution is -2.21. The van der Waals surface area contributed by atoms with Crippen molar-refractivity contribution in [3.63, 3.8) is 0 Å². The number of aromatic nitrogens is 1. The molecular weight excluding hydrogens is 276 g/mol. The lowest BCUT2D eigenvalue weighted by molar-refractivity contribution is 0.0947. The highest BCUT2D eigenvalue weighted by Gasteiger charge is 2.09. The zero-order chi connectivity index (χ0) is 14.4. The van der Waals surface area contributed by atoms with E-state index < -0.39 is 0 Å². The number of carbonyl (C=O) groups excluding carboxylic acids is 1. The molecular formula is C14H14N2O3S. The number of aryl methyl sites for hydroxylation is 1. The van der Waals surface area contributed by atoms with Crippen LogP contribution in [0, 0.1) is 18.8 Å². The Morgan fingerprint density at radius 2 is 2.40 bits per heavy atom. The summed E-state index contributed by atoms with van der Waals surface area (Å²) in [4.78, 5) is 12.7. The van der Waals surface area contributed by atoms with Gasteiger partial charge in [0.05, 0.1) is 29.3 Å². The maximum atomic E-state index is 11.9. The molecule has 104 valence electrons. The van der Waals surface area contributed by atoms with E-state index in [0.717, 1.165) is 10.6 Å². The fraction of sp³-hybridized carbons (Fsp3) is 0.286. The van der Waals surface area contributed by atoms with Gasteiger partial charge in [0.2, 0.25) is 0 Å². The second-order valence-electron chi connectivity index (χ2n) is 4.09. The van der Waals surface area contributed by atoms with Gasteiger partial charge in [-0.05, 0) is 13.0 Å². The van der Waals surface area contributed by atoms with Crippen LogP contribution in [0.2, 0.25) is 0 Å². The van der Waals surface area contributed by atoms with Crippen molar-refractivity contribution in [2.24, 2.45) is 0 Å². The normalized spacial score (nSPS) is 9.90. The summed E-state index contributed by atoms with van der Waals surface area (Å²) in [6, 6.07) is 3.51. The molecule has 0 unspecified atom stereocenters.